The topological polar surface area (TPSA) is 9.23 Å². The molecule has 1 aromatic rings. The van der Waals surface area contributed by atoms with Crippen LogP contribution in [0, 0.1) is 23.2 Å². The summed E-state index contributed by atoms with van der Waals surface area (Å²) in [4.78, 5) is 0. The number of ether oxygens (including phenoxy) is 1. The molecule has 3 aliphatic rings. The molecule has 0 aromatic heterocycles. The Morgan fingerprint density at radius 2 is 1.76 bits per heavy atom. The van der Waals surface area contributed by atoms with Gasteiger partial charge < -0.3 is 4.74 Å². The number of thioether (sulfide) groups is 1. The van der Waals surface area contributed by atoms with Crippen molar-refractivity contribution >= 4 is 11.8 Å². The molecule has 0 heterocycles. The number of hydrogen-bond donors (Lipinski definition) is 0. The first-order valence-electron chi connectivity index (χ1n) is 15.0. The van der Waals surface area contributed by atoms with E-state index in [1.807, 2.05) is 0 Å². The zero-order valence-electron chi connectivity index (χ0n) is 22.4. The van der Waals surface area contributed by atoms with E-state index in [0.717, 1.165) is 36.9 Å². The zero-order valence-corrected chi connectivity index (χ0v) is 23.2. The Balaban J connectivity index is 1.14. The predicted molar refractivity (Wildman–Crippen MR) is 150 cm³/mol. The van der Waals surface area contributed by atoms with Gasteiger partial charge in [-0.25, -0.2) is 0 Å². The molecule has 1 nitrogen and oxygen atoms in total. The molecule has 0 N–H and O–H groups in total. The van der Waals surface area contributed by atoms with E-state index >= 15 is 0 Å². The van der Waals surface area contributed by atoms with Gasteiger partial charge in [-0.15, -0.1) is 0 Å². The fraction of sp³-hybridized carbons (Fsp3) is 0.812. The van der Waals surface area contributed by atoms with Gasteiger partial charge in [-0.3, -0.25) is 0 Å². The molecule has 4 rings (SSSR count). The van der Waals surface area contributed by atoms with Crippen molar-refractivity contribution < 1.29 is 4.74 Å². The van der Waals surface area contributed by atoms with Crippen LogP contribution in [0.4, 0.5) is 0 Å². The van der Waals surface area contributed by atoms with Crippen molar-refractivity contribution in [3.05, 3.63) is 35.4 Å². The first-order valence-corrected chi connectivity index (χ1v) is 16.1. The zero-order chi connectivity index (χ0) is 23.6. The van der Waals surface area contributed by atoms with Crippen LogP contribution in [0.25, 0.3) is 0 Å². The van der Waals surface area contributed by atoms with Crippen LogP contribution in [0.5, 0.6) is 0 Å². The summed E-state index contributed by atoms with van der Waals surface area (Å²) in [6, 6.07) is 9.51. The van der Waals surface area contributed by atoms with Crippen LogP contribution in [0.15, 0.2) is 24.3 Å². The molecule has 0 radical (unpaired) electrons. The highest BCUT2D eigenvalue weighted by atomic mass is 32.2. The summed E-state index contributed by atoms with van der Waals surface area (Å²) < 4.78 is 5.86. The number of fused-ring (bicyclic) bond motifs is 5. The summed E-state index contributed by atoms with van der Waals surface area (Å²) in [5.74, 6) is 6.23. The third-order valence-electron chi connectivity index (χ3n) is 9.72. The van der Waals surface area contributed by atoms with Gasteiger partial charge in [0.05, 0.1) is 6.61 Å². The van der Waals surface area contributed by atoms with Gasteiger partial charge in [-0.2, -0.15) is 11.8 Å². The quantitative estimate of drug-likeness (QED) is 0.229. The van der Waals surface area contributed by atoms with Gasteiger partial charge in [0.25, 0.3) is 0 Å². The highest BCUT2D eigenvalue weighted by Gasteiger charge is 2.52. The van der Waals surface area contributed by atoms with E-state index in [1.54, 1.807) is 11.1 Å². The van der Waals surface area contributed by atoms with Crippen molar-refractivity contribution in [1.29, 1.82) is 0 Å². The van der Waals surface area contributed by atoms with Crippen molar-refractivity contribution in [1.82, 2.24) is 0 Å². The van der Waals surface area contributed by atoms with Crippen LogP contribution in [0.3, 0.4) is 0 Å². The predicted octanol–water partition coefficient (Wildman–Crippen LogP) is 9.44. The van der Waals surface area contributed by atoms with Gasteiger partial charge in [0, 0.05) is 12.4 Å². The first-order chi connectivity index (χ1) is 16.7. The van der Waals surface area contributed by atoms with Gasteiger partial charge in [0.15, 0.2) is 0 Å². The monoisotopic (exact) mass is 484 g/mol. The van der Waals surface area contributed by atoms with E-state index < -0.39 is 0 Å². The van der Waals surface area contributed by atoms with Crippen molar-refractivity contribution in [3.8, 4) is 0 Å². The van der Waals surface area contributed by atoms with Gasteiger partial charge in [-0.1, -0.05) is 83.1 Å². The van der Waals surface area contributed by atoms with Gasteiger partial charge in [-0.05, 0) is 97.3 Å². The molecule has 3 aliphatic carbocycles. The van der Waals surface area contributed by atoms with Crippen LogP contribution < -0.4 is 0 Å². The van der Waals surface area contributed by atoms with Crippen molar-refractivity contribution in [2.24, 2.45) is 23.2 Å². The summed E-state index contributed by atoms with van der Waals surface area (Å²) in [6.07, 6.45) is 21.2. The lowest BCUT2D eigenvalue weighted by Gasteiger charge is -2.52. The lowest BCUT2D eigenvalue weighted by atomic mass is 9.52. The second kappa shape index (κ2) is 13.7. The van der Waals surface area contributed by atoms with Crippen LogP contribution >= 0.6 is 11.8 Å². The summed E-state index contributed by atoms with van der Waals surface area (Å²) in [6.45, 7) is 6.84. The summed E-state index contributed by atoms with van der Waals surface area (Å²) >= 11 is 2.07. The molecule has 0 aliphatic heterocycles. The maximum Gasteiger partial charge on any atom is 0.0556 e. The molecule has 2 saturated carbocycles. The Labute approximate surface area is 215 Å². The number of rotatable bonds is 15. The highest BCUT2D eigenvalue weighted by molar-refractivity contribution is 7.99. The fourth-order valence-corrected chi connectivity index (χ4v) is 8.77. The van der Waals surface area contributed by atoms with Gasteiger partial charge >= 0.3 is 0 Å². The third kappa shape index (κ3) is 6.84. The largest absolute Gasteiger partial charge is 0.381 e. The molecule has 2 fully saturated rings. The minimum absolute atomic E-state index is 0.652. The van der Waals surface area contributed by atoms with E-state index in [1.165, 1.54) is 108 Å². The van der Waals surface area contributed by atoms with E-state index in [2.05, 4.69) is 49.9 Å². The molecule has 0 unspecified atom stereocenters. The fourth-order valence-electron chi connectivity index (χ4n) is 7.92. The maximum atomic E-state index is 5.86. The van der Waals surface area contributed by atoms with Gasteiger partial charge in [0.1, 0.15) is 0 Å². The average molecular weight is 485 g/mol. The normalized spacial score (nSPS) is 30.1. The van der Waals surface area contributed by atoms with E-state index in [0.29, 0.717) is 5.41 Å². The lowest BCUT2D eigenvalue weighted by Crippen LogP contribution is -2.44. The SMILES string of the molecule is CCCCCSCCOCCCCCCC[C@@H]1Cc2ccccc2[C@H]2CC[C@]3(C)CCC[C@H]3[C@H]12. The third-order valence-corrected chi connectivity index (χ3v) is 10.8. The van der Waals surface area contributed by atoms with E-state index in [-0.39, 0.29) is 0 Å². The molecular formula is C32H52OS. The second-order valence-electron chi connectivity index (χ2n) is 12.0. The Morgan fingerprint density at radius 3 is 2.68 bits per heavy atom. The van der Waals surface area contributed by atoms with E-state index in [9.17, 15) is 0 Å². The Hall–Kier alpha value is -0.470. The van der Waals surface area contributed by atoms with Crippen molar-refractivity contribution in [3.63, 3.8) is 0 Å². The first kappa shape index (κ1) is 26.6. The van der Waals surface area contributed by atoms with Crippen LogP contribution in [-0.4, -0.2) is 24.7 Å². The lowest BCUT2D eigenvalue weighted by molar-refractivity contribution is 0.0225. The molecular weight excluding hydrogens is 432 g/mol. The molecule has 0 saturated heterocycles. The number of benzene rings is 1. The molecule has 34 heavy (non-hydrogen) atoms. The molecule has 0 spiro atoms. The molecule has 0 amide bonds. The molecule has 2 heteroatoms. The standard InChI is InChI=1S/C32H52OS/c1-3-4-12-23-34-24-22-33-21-11-7-5-6-8-15-27-25-26-14-9-10-16-28(26)29-18-20-32(2)19-13-17-30(32)31(27)29/h9-10,14,16,27,29-31H,3-8,11-13,15,17-25H2,1-2H3/t27-,29-,30+,31-,32+/m1/s1. The average Bonchev–Trinajstić information content (AvgIpc) is 3.25. The van der Waals surface area contributed by atoms with Crippen molar-refractivity contribution in [2.45, 2.75) is 116 Å². The van der Waals surface area contributed by atoms with E-state index in [4.69, 9.17) is 4.74 Å². The smallest absolute Gasteiger partial charge is 0.0556 e. The molecule has 192 valence electrons. The Bertz CT molecular complexity index is 717. The minimum atomic E-state index is 0.652. The summed E-state index contributed by atoms with van der Waals surface area (Å²) in [7, 11) is 0. The second-order valence-corrected chi connectivity index (χ2v) is 13.3. The number of unbranched alkanes of at least 4 members (excludes halogenated alkanes) is 6. The van der Waals surface area contributed by atoms with Crippen LogP contribution in [-0.2, 0) is 11.2 Å². The molecule has 5 atom stereocenters. The van der Waals surface area contributed by atoms with Crippen LogP contribution in [0.1, 0.15) is 121 Å². The Kier molecular flexibility index (Phi) is 10.7. The summed E-state index contributed by atoms with van der Waals surface area (Å²) in [5, 5.41) is 0. The summed E-state index contributed by atoms with van der Waals surface area (Å²) in [5.41, 5.74) is 4.08. The van der Waals surface area contributed by atoms with Crippen molar-refractivity contribution in [2.75, 3.05) is 24.7 Å². The number of hydrogen-bond acceptors (Lipinski definition) is 2. The molecule has 0 bridgehead atoms. The van der Waals surface area contributed by atoms with Crippen LogP contribution in [0.2, 0.25) is 0 Å². The minimum Gasteiger partial charge on any atom is -0.381 e. The molecule has 1 aromatic carbocycles. The van der Waals surface area contributed by atoms with Gasteiger partial charge in [0.2, 0.25) is 0 Å². The Morgan fingerprint density at radius 1 is 0.912 bits per heavy atom. The highest BCUT2D eigenvalue weighted by Crippen LogP contribution is 2.62. The maximum absolute atomic E-state index is 5.86.